The number of amides is 1. The van der Waals surface area contributed by atoms with Gasteiger partial charge in [-0.3, -0.25) is 4.79 Å². The highest BCUT2D eigenvalue weighted by molar-refractivity contribution is 5.76. The molecule has 1 N–H and O–H groups in total. The Bertz CT molecular complexity index is 413. The van der Waals surface area contributed by atoms with Gasteiger partial charge in [0, 0.05) is 39.1 Å². The van der Waals surface area contributed by atoms with Crippen LogP contribution in [0.25, 0.3) is 0 Å². The maximum Gasteiger partial charge on any atom is 0.221 e. The van der Waals surface area contributed by atoms with E-state index in [1.165, 1.54) is 0 Å². The topological polar surface area (TPSA) is 35.6 Å². The number of nitrogens with zero attached hydrogens (tertiary/aromatic N) is 2. The molecule has 1 aromatic carbocycles. The van der Waals surface area contributed by atoms with Crippen molar-refractivity contribution in [1.82, 2.24) is 15.1 Å². The summed E-state index contributed by atoms with van der Waals surface area (Å²) in [5.41, 5.74) is 1.15. The molecule has 1 fully saturated rings. The third-order valence-electron chi connectivity index (χ3n) is 3.93. The third-order valence-corrected chi connectivity index (χ3v) is 3.93. The highest BCUT2D eigenvalue weighted by Crippen LogP contribution is 2.11. The Balaban J connectivity index is 1.70. The van der Waals surface area contributed by atoms with Crippen LogP contribution in [-0.2, 0) is 4.79 Å². The molecule has 20 heavy (non-hydrogen) atoms. The van der Waals surface area contributed by atoms with E-state index in [2.05, 4.69) is 22.2 Å². The molecule has 2 rings (SSSR count). The summed E-state index contributed by atoms with van der Waals surface area (Å²) in [4.78, 5) is 16.7. The van der Waals surface area contributed by atoms with E-state index in [-0.39, 0.29) is 11.9 Å². The van der Waals surface area contributed by atoms with Gasteiger partial charge in [0.05, 0.1) is 6.04 Å². The minimum atomic E-state index is 0.0798. The number of hydrogen-bond acceptors (Lipinski definition) is 3. The molecule has 1 aliphatic rings. The van der Waals surface area contributed by atoms with Crippen molar-refractivity contribution in [3.63, 3.8) is 0 Å². The van der Waals surface area contributed by atoms with Crippen LogP contribution in [0.1, 0.15) is 24.9 Å². The third kappa shape index (κ3) is 4.62. The zero-order valence-electron chi connectivity index (χ0n) is 12.5. The summed E-state index contributed by atoms with van der Waals surface area (Å²) in [7, 11) is 2.14. The smallest absolute Gasteiger partial charge is 0.221 e. The first-order valence-corrected chi connectivity index (χ1v) is 7.40. The molecule has 0 aliphatic carbocycles. The standard InChI is InChI=1S/C16H25N3O/c1-14(15-6-4-3-5-7-15)17-16(20)8-9-19-12-10-18(2)11-13-19/h3-7,14H,8-13H2,1-2H3,(H,17,20). The predicted molar refractivity (Wildman–Crippen MR) is 81.6 cm³/mol. The Morgan fingerprint density at radius 3 is 2.50 bits per heavy atom. The van der Waals surface area contributed by atoms with Gasteiger partial charge in [-0.25, -0.2) is 0 Å². The summed E-state index contributed by atoms with van der Waals surface area (Å²) in [5, 5.41) is 3.07. The van der Waals surface area contributed by atoms with E-state index >= 15 is 0 Å². The van der Waals surface area contributed by atoms with E-state index in [0.717, 1.165) is 38.3 Å². The number of piperazine rings is 1. The average molecular weight is 275 g/mol. The zero-order chi connectivity index (χ0) is 14.4. The van der Waals surface area contributed by atoms with Gasteiger partial charge in [0.1, 0.15) is 0 Å². The molecule has 4 heteroatoms. The van der Waals surface area contributed by atoms with Gasteiger partial charge in [0.15, 0.2) is 0 Å². The molecule has 1 heterocycles. The minimum Gasteiger partial charge on any atom is -0.350 e. The Kier molecular flexibility index (Phi) is 5.56. The lowest BCUT2D eigenvalue weighted by Gasteiger charge is -2.32. The molecular formula is C16H25N3O. The van der Waals surface area contributed by atoms with E-state index in [4.69, 9.17) is 0 Å². The molecule has 1 aromatic rings. The van der Waals surface area contributed by atoms with Gasteiger partial charge < -0.3 is 15.1 Å². The fraction of sp³-hybridized carbons (Fsp3) is 0.562. The van der Waals surface area contributed by atoms with Gasteiger partial charge in [0.25, 0.3) is 0 Å². The Hall–Kier alpha value is -1.39. The molecule has 0 aromatic heterocycles. The molecular weight excluding hydrogens is 250 g/mol. The Labute approximate surface area is 121 Å². The van der Waals surface area contributed by atoms with Crippen molar-refractivity contribution < 1.29 is 4.79 Å². The predicted octanol–water partition coefficient (Wildman–Crippen LogP) is 1.50. The van der Waals surface area contributed by atoms with Crippen LogP contribution < -0.4 is 5.32 Å². The average Bonchev–Trinajstić information content (AvgIpc) is 2.47. The van der Waals surface area contributed by atoms with E-state index in [0.29, 0.717) is 6.42 Å². The van der Waals surface area contributed by atoms with Gasteiger partial charge in [-0.15, -0.1) is 0 Å². The number of likely N-dealkylation sites (N-methyl/N-ethyl adjacent to an activating group) is 1. The maximum atomic E-state index is 12.0. The largest absolute Gasteiger partial charge is 0.350 e. The molecule has 0 radical (unpaired) electrons. The van der Waals surface area contributed by atoms with Crippen LogP contribution in [0.3, 0.4) is 0 Å². The first-order valence-electron chi connectivity index (χ1n) is 7.40. The van der Waals surface area contributed by atoms with Crippen LogP contribution in [0.15, 0.2) is 30.3 Å². The molecule has 1 atom stereocenters. The van der Waals surface area contributed by atoms with Crippen molar-refractivity contribution in [3.05, 3.63) is 35.9 Å². The molecule has 0 saturated carbocycles. The maximum absolute atomic E-state index is 12.0. The molecule has 1 aliphatic heterocycles. The molecule has 4 nitrogen and oxygen atoms in total. The van der Waals surface area contributed by atoms with E-state index in [1.54, 1.807) is 0 Å². The number of carbonyl (C=O) groups is 1. The van der Waals surface area contributed by atoms with E-state index in [1.807, 2.05) is 37.3 Å². The molecule has 110 valence electrons. The quantitative estimate of drug-likeness (QED) is 0.884. The zero-order valence-corrected chi connectivity index (χ0v) is 12.5. The summed E-state index contributed by atoms with van der Waals surface area (Å²) in [6.07, 6.45) is 0.584. The van der Waals surface area contributed by atoms with Gasteiger partial charge in [-0.05, 0) is 19.5 Å². The van der Waals surface area contributed by atoms with Gasteiger partial charge >= 0.3 is 0 Å². The molecule has 1 amide bonds. The van der Waals surface area contributed by atoms with Crippen LogP contribution in [0.5, 0.6) is 0 Å². The molecule has 1 unspecified atom stereocenters. The summed E-state index contributed by atoms with van der Waals surface area (Å²) in [6.45, 7) is 7.23. The van der Waals surface area contributed by atoms with Crippen molar-refractivity contribution in [2.45, 2.75) is 19.4 Å². The lowest BCUT2D eigenvalue weighted by Crippen LogP contribution is -2.45. The second kappa shape index (κ2) is 7.41. The lowest BCUT2D eigenvalue weighted by atomic mass is 10.1. The SMILES string of the molecule is CC(NC(=O)CCN1CCN(C)CC1)c1ccccc1. The van der Waals surface area contributed by atoms with Gasteiger partial charge in [-0.2, -0.15) is 0 Å². The van der Waals surface area contributed by atoms with Crippen molar-refractivity contribution in [3.8, 4) is 0 Å². The number of carbonyl (C=O) groups excluding carboxylic acids is 1. The van der Waals surface area contributed by atoms with Gasteiger partial charge in [0.2, 0.25) is 5.91 Å². The summed E-state index contributed by atoms with van der Waals surface area (Å²) in [5.74, 6) is 0.139. The summed E-state index contributed by atoms with van der Waals surface area (Å²) < 4.78 is 0. The molecule has 0 spiro atoms. The highest BCUT2D eigenvalue weighted by atomic mass is 16.1. The van der Waals surface area contributed by atoms with Crippen molar-refractivity contribution in [2.75, 3.05) is 39.8 Å². The van der Waals surface area contributed by atoms with Crippen molar-refractivity contribution >= 4 is 5.91 Å². The number of nitrogens with one attached hydrogen (secondary N) is 1. The first kappa shape index (κ1) is 15.0. The van der Waals surface area contributed by atoms with Crippen LogP contribution in [0.4, 0.5) is 0 Å². The summed E-state index contributed by atoms with van der Waals surface area (Å²) >= 11 is 0. The highest BCUT2D eigenvalue weighted by Gasteiger charge is 2.15. The Morgan fingerprint density at radius 1 is 1.20 bits per heavy atom. The minimum absolute atomic E-state index is 0.0798. The van der Waals surface area contributed by atoms with Crippen LogP contribution >= 0.6 is 0 Å². The lowest BCUT2D eigenvalue weighted by molar-refractivity contribution is -0.122. The van der Waals surface area contributed by atoms with Crippen LogP contribution in [0, 0.1) is 0 Å². The van der Waals surface area contributed by atoms with E-state index in [9.17, 15) is 4.79 Å². The second-order valence-electron chi connectivity index (χ2n) is 5.59. The molecule has 0 bridgehead atoms. The fourth-order valence-corrected chi connectivity index (χ4v) is 2.47. The number of hydrogen-bond donors (Lipinski definition) is 1. The summed E-state index contributed by atoms with van der Waals surface area (Å²) in [6, 6.07) is 10.2. The van der Waals surface area contributed by atoms with Gasteiger partial charge in [-0.1, -0.05) is 30.3 Å². The Morgan fingerprint density at radius 2 is 1.85 bits per heavy atom. The first-order chi connectivity index (χ1) is 9.65. The number of rotatable bonds is 5. The second-order valence-corrected chi connectivity index (χ2v) is 5.59. The van der Waals surface area contributed by atoms with Crippen molar-refractivity contribution in [1.29, 1.82) is 0 Å². The van der Waals surface area contributed by atoms with Crippen molar-refractivity contribution in [2.24, 2.45) is 0 Å². The fourth-order valence-electron chi connectivity index (χ4n) is 2.47. The number of benzene rings is 1. The van der Waals surface area contributed by atoms with Crippen LogP contribution in [0.2, 0.25) is 0 Å². The molecule has 1 saturated heterocycles. The van der Waals surface area contributed by atoms with Crippen LogP contribution in [-0.4, -0.2) is 55.5 Å². The van der Waals surface area contributed by atoms with E-state index < -0.39 is 0 Å². The normalized spacial score (nSPS) is 18.7. The monoisotopic (exact) mass is 275 g/mol.